The minimum absolute atomic E-state index is 0.0617. The average molecular weight is 253 g/mol. The van der Waals surface area contributed by atoms with Crippen molar-refractivity contribution in [2.24, 2.45) is 0 Å². The SMILES string of the molecule is CNCC(C)(C)N1CCN(C2CCCC2)C(=O)C1. The number of nitrogens with one attached hydrogen (secondary N) is 1. The zero-order valence-corrected chi connectivity index (χ0v) is 12.0. The lowest BCUT2D eigenvalue weighted by atomic mass is 10.0. The predicted octanol–water partition coefficient (Wildman–Crippen LogP) is 1.07. The van der Waals surface area contributed by atoms with Crippen molar-refractivity contribution in [2.45, 2.75) is 51.1 Å². The van der Waals surface area contributed by atoms with Crippen molar-refractivity contribution in [3.05, 3.63) is 0 Å². The monoisotopic (exact) mass is 253 g/mol. The van der Waals surface area contributed by atoms with Gasteiger partial charge in [-0.3, -0.25) is 9.69 Å². The highest BCUT2D eigenvalue weighted by molar-refractivity contribution is 5.79. The van der Waals surface area contributed by atoms with Crippen molar-refractivity contribution >= 4 is 5.91 Å². The van der Waals surface area contributed by atoms with Gasteiger partial charge in [0.15, 0.2) is 0 Å². The van der Waals surface area contributed by atoms with E-state index in [2.05, 4.69) is 29.0 Å². The Morgan fingerprint density at radius 1 is 1.28 bits per heavy atom. The third-order valence-electron chi connectivity index (χ3n) is 4.49. The first-order valence-corrected chi connectivity index (χ1v) is 7.24. The summed E-state index contributed by atoms with van der Waals surface area (Å²) < 4.78 is 0. The third-order valence-corrected chi connectivity index (χ3v) is 4.49. The number of likely N-dealkylation sites (N-methyl/N-ethyl adjacent to an activating group) is 1. The fourth-order valence-corrected chi connectivity index (χ4v) is 3.35. The van der Waals surface area contributed by atoms with Crippen molar-refractivity contribution in [1.82, 2.24) is 15.1 Å². The van der Waals surface area contributed by atoms with Gasteiger partial charge in [-0.25, -0.2) is 0 Å². The second kappa shape index (κ2) is 5.57. The maximum absolute atomic E-state index is 12.3. The molecule has 0 spiro atoms. The second-order valence-electron chi connectivity index (χ2n) is 6.29. The molecule has 0 aromatic rings. The van der Waals surface area contributed by atoms with Crippen molar-refractivity contribution in [3.63, 3.8) is 0 Å². The fraction of sp³-hybridized carbons (Fsp3) is 0.929. The van der Waals surface area contributed by atoms with Crippen molar-refractivity contribution < 1.29 is 4.79 Å². The van der Waals surface area contributed by atoms with Crippen LogP contribution >= 0.6 is 0 Å². The molecule has 1 amide bonds. The van der Waals surface area contributed by atoms with Crippen LogP contribution in [0.3, 0.4) is 0 Å². The third kappa shape index (κ3) is 2.86. The van der Waals surface area contributed by atoms with Crippen molar-refractivity contribution in [1.29, 1.82) is 0 Å². The molecule has 0 aromatic carbocycles. The lowest BCUT2D eigenvalue weighted by Gasteiger charge is -2.45. The Hall–Kier alpha value is -0.610. The normalized spacial score (nSPS) is 23.9. The molecule has 18 heavy (non-hydrogen) atoms. The van der Waals surface area contributed by atoms with Crippen LogP contribution in [0.5, 0.6) is 0 Å². The number of carbonyl (C=O) groups excluding carboxylic acids is 1. The molecule has 1 saturated heterocycles. The van der Waals surface area contributed by atoms with Gasteiger partial charge < -0.3 is 10.2 Å². The second-order valence-corrected chi connectivity index (χ2v) is 6.29. The molecule has 2 rings (SSSR count). The molecule has 1 aliphatic heterocycles. The summed E-state index contributed by atoms with van der Waals surface area (Å²) in [4.78, 5) is 16.8. The van der Waals surface area contributed by atoms with E-state index in [1.165, 1.54) is 25.7 Å². The highest BCUT2D eigenvalue weighted by Crippen LogP contribution is 2.26. The van der Waals surface area contributed by atoms with Crippen LogP contribution in [0, 0.1) is 0 Å². The summed E-state index contributed by atoms with van der Waals surface area (Å²) in [6, 6.07) is 0.534. The van der Waals surface area contributed by atoms with Gasteiger partial charge in [0, 0.05) is 31.2 Å². The van der Waals surface area contributed by atoms with Gasteiger partial charge in [-0.1, -0.05) is 12.8 Å². The first kappa shape index (κ1) is 13.8. The molecule has 0 radical (unpaired) electrons. The fourth-order valence-electron chi connectivity index (χ4n) is 3.35. The number of hydrogen-bond acceptors (Lipinski definition) is 3. The molecule has 0 unspecified atom stereocenters. The molecule has 4 nitrogen and oxygen atoms in total. The Morgan fingerprint density at radius 2 is 1.94 bits per heavy atom. The van der Waals surface area contributed by atoms with Crippen molar-refractivity contribution in [2.75, 3.05) is 33.2 Å². The Morgan fingerprint density at radius 3 is 2.50 bits per heavy atom. The van der Waals surface area contributed by atoms with Gasteiger partial charge in [0.25, 0.3) is 0 Å². The van der Waals surface area contributed by atoms with Crippen LogP contribution in [0.2, 0.25) is 0 Å². The molecule has 1 N–H and O–H groups in total. The number of hydrogen-bond donors (Lipinski definition) is 1. The van der Waals surface area contributed by atoms with Gasteiger partial charge in [-0.05, 0) is 33.7 Å². The minimum Gasteiger partial charge on any atom is -0.337 e. The van der Waals surface area contributed by atoms with Crippen LogP contribution in [0.25, 0.3) is 0 Å². The molecule has 1 saturated carbocycles. The van der Waals surface area contributed by atoms with E-state index in [-0.39, 0.29) is 5.54 Å². The maximum atomic E-state index is 12.3. The predicted molar refractivity (Wildman–Crippen MR) is 73.5 cm³/mol. The number of nitrogens with zero attached hydrogens (tertiary/aromatic N) is 2. The Balaban J connectivity index is 1.93. The zero-order chi connectivity index (χ0) is 13.2. The molecule has 1 aliphatic carbocycles. The van der Waals surface area contributed by atoms with Gasteiger partial charge in [0.1, 0.15) is 0 Å². The standard InChI is InChI=1S/C14H27N3O/c1-14(2,11-15-3)16-8-9-17(13(18)10-16)12-6-4-5-7-12/h12,15H,4-11H2,1-3H3. The molecule has 0 bridgehead atoms. The van der Waals surface area contributed by atoms with Crippen LogP contribution in [0.1, 0.15) is 39.5 Å². The Bertz CT molecular complexity index is 297. The van der Waals surface area contributed by atoms with Crippen LogP contribution < -0.4 is 5.32 Å². The van der Waals surface area contributed by atoms with E-state index in [0.717, 1.165) is 19.6 Å². The number of rotatable bonds is 4. The Labute approximate surface area is 111 Å². The quantitative estimate of drug-likeness (QED) is 0.814. The van der Waals surface area contributed by atoms with E-state index in [1.807, 2.05) is 7.05 Å². The summed E-state index contributed by atoms with van der Waals surface area (Å²) in [6.07, 6.45) is 5.02. The van der Waals surface area contributed by atoms with E-state index in [4.69, 9.17) is 0 Å². The van der Waals surface area contributed by atoms with E-state index in [0.29, 0.717) is 18.5 Å². The van der Waals surface area contributed by atoms with Gasteiger partial charge in [-0.15, -0.1) is 0 Å². The molecular weight excluding hydrogens is 226 g/mol. The first-order chi connectivity index (χ1) is 8.54. The Kier molecular flexibility index (Phi) is 4.28. The van der Waals surface area contributed by atoms with Gasteiger partial charge in [0.2, 0.25) is 5.91 Å². The summed E-state index contributed by atoms with van der Waals surface area (Å²) in [5.41, 5.74) is 0.0617. The van der Waals surface area contributed by atoms with E-state index < -0.39 is 0 Å². The van der Waals surface area contributed by atoms with Gasteiger partial charge in [0.05, 0.1) is 6.54 Å². The summed E-state index contributed by atoms with van der Waals surface area (Å²) in [7, 11) is 1.97. The molecule has 4 heteroatoms. The minimum atomic E-state index is 0.0617. The lowest BCUT2D eigenvalue weighted by molar-refractivity contribution is -0.141. The molecule has 1 heterocycles. The van der Waals surface area contributed by atoms with E-state index in [1.54, 1.807) is 0 Å². The summed E-state index contributed by atoms with van der Waals surface area (Å²) in [5.74, 6) is 0.331. The number of amides is 1. The summed E-state index contributed by atoms with van der Waals surface area (Å²) >= 11 is 0. The zero-order valence-electron chi connectivity index (χ0n) is 12.0. The van der Waals surface area contributed by atoms with Crippen LogP contribution in [0.4, 0.5) is 0 Å². The van der Waals surface area contributed by atoms with E-state index in [9.17, 15) is 4.79 Å². The molecule has 2 aliphatic rings. The van der Waals surface area contributed by atoms with Crippen LogP contribution in [-0.2, 0) is 4.79 Å². The highest BCUT2D eigenvalue weighted by Gasteiger charge is 2.36. The summed E-state index contributed by atoms with van der Waals surface area (Å²) in [6.45, 7) is 7.85. The van der Waals surface area contributed by atoms with Gasteiger partial charge in [-0.2, -0.15) is 0 Å². The molecule has 104 valence electrons. The molecule has 0 aromatic heterocycles. The number of carbonyl (C=O) groups is 1. The average Bonchev–Trinajstić information content (AvgIpc) is 2.82. The molecule has 0 atom stereocenters. The van der Waals surface area contributed by atoms with Crippen molar-refractivity contribution in [3.8, 4) is 0 Å². The maximum Gasteiger partial charge on any atom is 0.237 e. The molecule has 2 fully saturated rings. The first-order valence-electron chi connectivity index (χ1n) is 7.24. The molecular formula is C14H27N3O. The summed E-state index contributed by atoms with van der Waals surface area (Å²) in [5, 5.41) is 3.22. The smallest absolute Gasteiger partial charge is 0.237 e. The van der Waals surface area contributed by atoms with E-state index >= 15 is 0 Å². The van der Waals surface area contributed by atoms with Crippen LogP contribution in [0.15, 0.2) is 0 Å². The van der Waals surface area contributed by atoms with Crippen LogP contribution in [-0.4, -0.2) is 60.5 Å². The number of piperazine rings is 1. The largest absolute Gasteiger partial charge is 0.337 e. The topological polar surface area (TPSA) is 35.6 Å². The van der Waals surface area contributed by atoms with Gasteiger partial charge >= 0.3 is 0 Å². The lowest BCUT2D eigenvalue weighted by Crippen LogP contribution is -2.61. The highest BCUT2D eigenvalue weighted by atomic mass is 16.2.